The minimum atomic E-state index is 0.0587. The lowest BCUT2D eigenvalue weighted by Gasteiger charge is -2.19. The van der Waals surface area contributed by atoms with Gasteiger partial charge >= 0.3 is 0 Å². The number of aromatic hydroxyl groups is 1. The summed E-state index contributed by atoms with van der Waals surface area (Å²) in [6.45, 7) is 0.649. The number of thioether (sulfide) groups is 1. The van der Waals surface area contributed by atoms with Crippen LogP contribution in [-0.4, -0.2) is 29.4 Å². The third kappa shape index (κ3) is 4.14. The van der Waals surface area contributed by atoms with Gasteiger partial charge in [0.2, 0.25) is 5.91 Å². The van der Waals surface area contributed by atoms with Crippen LogP contribution in [0.4, 0.5) is 0 Å². The van der Waals surface area contributed by atoms with Crippen LogP contribution >= 0.6 is 11.8 Å². The van der Waals surface area contributed by atoms with E-state index in [0.29, 0.717) is 18.2 Å². The van der Waals surface area contributed by atoms with Crippen molar-refractivity contribution >= 4 is 17.7 Å². The molecule has 0 aromatic heterocycles. The van der Waals surface area contributed by atoms with Gasteiger partial charge in [-0.15, -0.1) is 11.8 Å². The molecule has 0 heterocycles. The first kappa shape index (κ1) is 14.2. The Kier molecular flexibility index (Phi) is 5.10. The number of carbonyl (C=O) groups is 1. The molecule has 104 valence electrons. The summed E-state index contributed by atoms with van der Waals surface area (Å²) in [6.07, 6.45) is 3.31. The zero-order valence-electron chi connectivity index (χ0n) is 10.8. The maximum absolute atomic E-state index is 11.9. The molecule has 4 N–H and O–H groups in total. The molecule has 0 radical (unpaired) electrons. The van der Waals surface area contributed by atoms with Crippen LogP contribution in [0.1, 0.15) is 19.3 Å². The Balaban J connectivity index is 1.77. The lowest BCUT2D eigenvalue weighted by molar-refractivity contribution is -0.119. The fourth-order valence-electron chi connectivity index (χ4n) is 2.45. The molecule has 0 spiro atoms. The molecular weight excluding hydrogens is 260 g/mol. The molecule has 1 aliphatic carbocycles. The monoisotopic (exact) mass is 280 g/mol. The fraction of sp³-hybridized carbons (Fsp3) is 0.500. The normalized spacial score (nSPS) is 22.4. The van der Waals surface area contributed by atoms with Gasteiger partial charge in [0, 0.05) is 10.9 Å². The van der Waals surface area contributed by atoms with Gasteiger partial charge in [-0.05, 0) is 49.6 Å². The summed E-state index contributed by atoms with van der Waals surface area (Å²) in [7, 11) is 0. The molecule has 2 atom stereocenters. The van der Waals surface area contributed by atoms with Crippen molar-refractivity contribution in [2.75, 3.05) is 12.3 Å². The number of benzene rings is 1. The SMILES string of the molecule is NCC1CCCC1NC(=O)CSc1ccc(O)cc1. The Morgan fingerprint density at radius 3 is 2.79 bits per heavy atom. The van der Waals surface area contributed by atoms with Gasteiger partial charge < -0.3 is 16.2 Å². The Morgan fingerprint density at radius 2 is 2.11 bits per heavy atom. The number of nitrogens with two attached hydrogens (primary N) is 1. The molecule has 1 fully saturated rings. The predicted octanol–water partition coefficient (Wildman–Crippen LogP) is 1.73. The summed E-state index contributed by atoms with van der Waals surface area (Å²) < 4.78 is 0. The van der Waals surface area contributed by atoms with Gasteiger partial charge in [0.05, 0.1) is 5.75 Å². The molecule has 4 nitrogen and oxygen atoms in total. The van der Waals surface area contributed by atoms with Gasteiger partial charge in [0.1, 0.15) is 5.75 Å². The van der Waals surface area contributed by atoms with Crippen molar-refractivity contribution in [3.05, 3.63) is 24.3 Å². The van der Waals surface area contributed by atoms with Gasteiger partial charge in [-0.3, -0.25) is 4.79 Å². The van der Waals surface area contributed by atoms with E-state index in [1.165, 1.54) is 11.8 Å². The van der Waals surface area contributed by atoms with Crippen molar-refractivity contribution in [3.8, 4) is 5.75 Å². The van der Waals surface area contributed by atoms with E-state index >= 15 is 0 Å². The third-order valence-electron chi connectivity index (χ3n) is 3.51. The van der Waals surface area contributed by atoms with Crippen molar-refractivity contribution in [1.82, 2.24) is 5.32 Å². The van der Waals surface area contributed by atoms with Crippen LogP contribution < -0.4 is 11.1 Å². The second-order valence-corrected chi connectivity index (χ2v) is 5.93. The Labute approximate surface area is 117 Å². The van der Waals surface area contributed by atoms with Crippen LogP contribution in [-0.2, 0) is 4.79 Å². The fourth-order valence-corrected chi connectivity index (χ4v) is 3.16. The van der Waals surface area contributed by atoms with Crippen molar-refractivity contribution in [1.29, 1.82) is 0 Å². The van der Waals surface area contributed by atoms with Crippen molar-refractivity contribution in [2.24, 2.45) is 11.7 Å². The van der Waals surface area contributed by atoms with Crippen molar-refractivity contribution in [3.63, 3.8) is 0 Å². The average molecular weight is 280 g/mol. The standard InChI is InChI=1S/C14H20N2O2S/c15-8-10-2-1-3-13(10)16-14(18)9-19-12-6-4-11(17)5-7-12/h4-7,10,13,17H,1-3,8-9,15H2,(H,16,18). The van der Waals surface area contributed by atoms with Crippen LogP contribution in [0.25, 0.3) is 0 Å². The van der Waals surface area contributed by atoms with E-state index in [4.69, 9.17) is 5.73 Å². The zero-order valence-corrected chi connectivity index (χ0v) is 11.7. The van der Waals surface area contributed by atoms with E-state index in [9.17, 15) is 9.90 Å². The molecule has 19 heavy (non-hydrogen) atoms. The van der Waals surface area contributed by atoms with Crippen LogP contribution in [0.2, 0.25) is 0 Å². The van der Waals surface area contributed by atoms with Crippen LogP contribution in [0.15, 0.2) is 29.2 Å². The number of rotatable bonds is 5. The Bertz CT molecular complexity index is 422. The zero-order chi connectivity index (χ0) is 13.7. The highest BCUT2D eigenvalue weighted by Gasteiger charge is 2.27. The first-order chi connectivity index (χ1) is 9.19. The second-order valence-electron chi connectivity index (χ2n) is 4.88. The van der Waals surface area contributed by atoms with E-state index in [1.54, 1.807) is 12.1 Å². The lowest BCUT2D eigenvalue weighted by atomic mass is 10.0. The van der Waals surface area contributed by atoms with Gasteiger partial charge in [0.15, 0.2) is 0 Å². The number of hydrogen-bond acceptors (Lipinski definition) is 4. The average Bonchev–Trinajstić information content (AvgIpc) is 2.85. The number of nitrogens with one attached hydrogen (secondary N) is 1. The minimum Gasteiger partial charge on any atom is -0.508 e. The van der Waals surface area contributed by atoms with Gasteiger partial charge in [0.25, 0.3) is 0 Å². The van der Waals surface area contributed by atoms with Crippen LogP contribution in [0.3, 0.4) is 0 Å². The number of carbonyl (C=O) groups excluding carboxylic acids is 1. The number of phenolic OH excluding ortho intramolecular Hbond substituents is 1. The first-order valence-corrected chi connectivity index (χ1v) is 7.59. The van der Waals surface area contributed by atoms with Gasteiger partial charge in [-0.1, -0.05) is 6.42 Å². The van der Waals surface area contributed by atoms with E-state index in [-0.39, 0.29) is 17.7 Å². The molecule has 5 heteroatoms. The maximum atomic E-state index is 11.9. The smallest absolute Gasteiger partial charge is 0.230 e. The summed E-state index contributed by atoms with van der Waals surface area (Å²) >= 11 is 1.48. The van der Waals surface area contributed by atoms with Crippen molar-refractivity contribution < 1.29 is 9.90 Å². The Hall–Kier alpha value is -1.20. The highest BCUT2D eigenvalue weighted by atomic mass is 32.2. The van der Waals surface area contributed by atoms with E-state index in [1.807, 2.05) is 12.1 Å². The summed E-state index contributed by atoms with van der Waals surface area (Å²) in [5.74, 6) is 1.13. The minimum absolute atomic E-state index is 0.0587. The molecule has 0 bridgehead atoms. The highest BCUT2D eigenvalue weighted by molar-refractivity contribution is 8.00. The van der Waals surface area contributed by atoms with Crippen molar-refractivity contribution in [2.45, 2.75) is 30.2 Å². The molecule has 1 aromatic carbocycles. The molecule has 2 unspecified atom stereocenters. The summed E-state index contributed by atoms with van der Waals surface area (Å²) in [5, 5.41) is 12.3. The molecule has 1 aromatic rings. The Morgan fingerprint density at radius 1 is 1.37 bits per heavy atom. The van der Waals surface area contributed by atoms with E-state index < -0.39 is 0 Å². The van der Waals surface area contributed by atoms with Gasteiger partial charge in [-0.2, -0.15) is 0 Å². The molecule has 2 rings (SSSR count). The van der Waals surface area contributed by atoms with Gasteiger partial charge in [-0.25, -0.2) is 0 Å². The number of amides is 1. The van der Waals surface area contributed by atoms with Crippen LogP contribution in [0, 0.1) is 5.92 Å². The second kappa shape index (κ2) is 6.82. The van der Waals surface area contributed by atoms with Crippen LogP contribution in [0.5, 0.6) is 5.75 Å². The lowest BCUT2D eigenvalue weighted by Crippen LogP contribution is -2.40. The molecular formula is C14H20N2O2S. The molecule has 1 amide bonds. The molecule has 0 aliphatic heterocycles. The first-order valence-electron chi connectivity index (χ1n) is 6.60. The molecule has 0 saturated heterocycles. The molecule has 1 saturated carbocycles. The number of phenols is 1. The van der Waals surface area contributed by atoms with E-state index in [0.717, 1.165) is 24.2 Å². The molecule has 1 aliphatic rings. The number of hydrogen-bond donors (Lipinski definition) is 3. The quantitative estimate of drug-likeness (QED) is 0.718. The predicted molar refractivity (Wildman–Crippen MR) is 77.2 cm³/mol. The third-order valence-corrected chi connectivity index (χ3v) is 4.53. The largest absolute Gasteiger partial charge is 0.508 e. The van der Waals surface area contributed by atoms with E-state index in [2.05, 4.69) is 5.32 Å². The summed E-state index contributed by atoms with van der Waals surface area (Å²) in [6, 6.07) is 7.12. The maximum Gasteiger partial charge on any atom is 0.230 e. The summed E-state index contributed by atoms with van der Waals surface area (Å²) in [4.78, 5) is 12.9. The highest BCUT2D eigenvalue weighted by Crippen LogP contribution is 2.25. The topological polar surface area (TPSA) is 75.3 Å². The summed E-state index contributed by atoms with van der Waals surface area (Å²) in [5.41, 5.74) is 5.70.